The minimum atomic E-state index is -4.75. The third-order valence-corrected chi connectivity index (χ3v) is 4.18. The Balaban J connectivity index is 2.04. The lowest BCUT2D eigenvalue weighted by molar-refractivity contribution is -0.137. The molecular formula is C19H18F4N6O2. The standard InChI is InChI=1S/C19H18F4N6O2/c1-10-16(9-29(2)27-10)26-17-7-15(13(8-24-17)19(21,22)23)25-14-6-11(20)4-5-12(14)18(30)28-31-3/h4-9H,1-3H3,(H,28,30)(H2,24,25,26). The van der Waals surface area contributed by atoms with Gasteiger partial charge in [0.05, 0.1) is 41.0 Å². The highest BCUT2D eigenvalue weighted by Gasteiger charge is 2.34. The molecule has 3 N–H and O–H groups in total. The number of aromatic nitrogens is 3. The van der Waals surface area contributed by atoms with Crippen LogP contribution in [0.5, 0.6) is 0 Å². The third-order valence-electron chi connectivity index (χ3n) is 4.18. The average Bonchev–Trinajstić information content (AvgIpc) is 2.98. The lowest BCUT2D eigenvalue weighted by Crippen LogP contribution is -2.23. The van der Waals surface area contributed by atoms with Gasteiger partial charge in [-0.3, -0.25) is 14.3 Å². The maximum atomic E-state index is 13.8. The van der Waals surface area contributed by atoms with Crippen molar-refractivity contribution in [3.05, 3.63) is 59.3 Å². The summed E-state index contributed by atoms with van der Waals surface area (Å²) in [5, 5.41) is 9.53. The normalized spacial score (nSPS) is 11.3. The summed E-state index contributed by atoms with van der Waals surface area (Å²) >= 11 is 0. The fourth-order valence-electron chi connectivity index (χ4n) is 2.82. The molecule has 31 heavy (non-hydrogen) atoms. The molecule has 0 aliphatic carbocycles. The van der Waals surface area contributed by atoms with Crippen molar-refractivity contribution in [2.24, 2.45) is 7.05 Å². The Morgan fingerprint density at radius 3 is 2.48 bits per heavy atom. The summed E-state index contributed by atoms with van der Waals surface area (Å²) in [5.41, 5.74) is 1.38. The molecule has 1 aromatic carbocycles. The molecule has 0 atom stereocenters. The predicted molar refractivity (Wildman–Crippen MR) is 105 cm³/mol. The second-order valence-corrected chi connectivity index (χ2v) is 6.49. The van der Waals surface area contributed by atoms with Gasteiger partial charge in [-0.05, 0) is 25.1 Å². The number of hydrogen-bond donors (Lipinski definition) is 3. The molecule has 1 amide bonds. The predicted octanol–water partition coefficient (Wildman–Crippen LogP) is 4.06. The average molecular weight is 438 g/mol. The van der Waals surface area contributed by atoms with Crippen LogP contribution in [0, 0.1) is 12.7 Å². The molecule has 0 saturated carbocycles. The van der Waals surface area contributed by atoms with Gasteiger partial charge in [-0.2, -0.15) is 18.3 Å². The molecule has 2 heterocycles. The van der Waals surface area contributed by atoms with Crippen LogP contribution in [0.25, 0.3) is 0 Å². The number of amides is 1. The fourth-order valence-corrected chi connectivity index (χ4v) is 2.82. The van der Waals surface area contributed by atoms with Crippen molar-refractivity contribution in [2.75, 3.05) is 17.7 Å². The Labute approximate surface area is 174 Å². The van der Waals surface area contributed by atoms with Crippen molar-refractivity contribution in [2.45, 2.75) is 13.1 Å². The number of nitrogens with zero attached hydrogens (tertiary/aromatic N) is 3. The van der Waals surface area contributed by atoms with Gasteiger partial charge in [0, 0.05) is 25.5 Å². The number of nitrogens with one attached hydrogen (secondary N) is 3. The summed E-state index contributed by atoms with van der Waals surface area (Å²) in [5.74, 6) is -1.42. The summed E-state index contributed by atoms with van der Waals surface area (Å²) in [6.45, 7) is 1.72. The molecule has 0 aliphatic rings. The van der Waals surface area contributed by atoms with Crippen LogP contribution >= 0.6 is 0 Å². The minimum absolute atomic E-state index is 0.0888. The van der Waals surface area contributed by atoms with Gasteiger partial charge in [-0.1, -0.05) is 0 Å². The van der Waals surface area contributed by atoms with E-state index >= 15 is 0 Å². The molecule has 0 radical (unpaired) electrons. The van der Waals surface area contributed by atoms with Gasteiger partial charge in [0.1, 0.15) is 11.6 Å². The second kappa shape index (κ2) is 8.60. The molecule has 0 unspecified atom stereocenters. The quantitative estimate of drug-likeness (QED) is 0.397. The van der Waals surface area contributed by atoms with E-state index in [0.29, 0.717) is 17.6 Å². The Morgan fingerprint density at radius 1 is 1.13 bits per heavy atom. The number of halogens is 4. The first kappa shape index (κ1) is 22.0. The van der Waals surface area contributed by atoms with Crippen molar-refractivity contribution < 1.29 is 27.2 Å². The van der Waals surface area contributed by atoms with Crippen LogP contribution in [0.1, 0.15) is 21.6 Å². The number of aryl methyl sites for hydroxylation is 2. The van der Waals surface area contributed by atoms with E-state index in [1.165, 1.54) is 11.8 Å². The van der Waals surface area contributed by atoms with Crippen LogP contribution < -0.4 is 16.1 Å². The number of carbonyl (C=O) groups excluding carboxylic acids is 1. The van der Waals surface area contributed by atoms with Crippen molar-refractivity contribution in [1.82, 2.24) is 20.2 Å². The Morgan fingerprint density at radius 2 is 1.87 bits per heavy atom. The van der Waals surface area contributed by atoms with E-state index < -0.39 is 29.2 Å². The fraction of sp³-hybridized carbons (Fsp3) is 0.211. The van der Waals surface area contributed by atoms with Gasteiger partial charge in [-0.15, -0.1) is 0 Å². The van der Waals surface area contributed by atoms with Gasteiger partial charge in [0.15, 0.2) is 0 Å². The van der Waals surface area contributed by atoms with E-state index in [2.05, 4.69) is 25.6 Å². The van der Waals surface area contributed by atoms with Crippen LogP contribution in [0.15, 0.2) is 36.7 Å². The van der Waals surface area contributed by atoms with E-state index in [1.807, 2.05) is 5.48 Å². The number of hydroxylamine groups is 1. The number of alkyl halides is 3. The third kappa shape index (κ3) is 5.09. The van der Waals surface area contributed by atoms with Crippen LogP contribution in [-0.4, -0.2) is 27.8 Å². The summed E-state index contributed by atoms with van der Waals surface area (Å²) in [7, 11) is 2.89. The molecule has 0 aliphatic heterocycles. The number of hydrogen-bond acceptors (Lipinski definition) is 6. The topological polar surface area (TPSA) is 93.1 Å². The van der Waals surface area contributed by atoms with E-state index in [0.717, 1.165) is 24.3 Å². The second-order valence-electron chi connectivity index (χ2n) is 6.49. The number of carbonyl (C=O) groups is 1. The van der Waals surface area contributed by atoms with Crippen LogP contribution in [0.4, 0.5) is 40.4 Å². The summed E-state index contributed by atoms with van der Waals surface area (Å²) < 4.78 is 56.0. The lowest BCUT2D eigenvalue weighted by atomic mass is 10.1. The molecule has 12 heteroatoms. The zero-order valence-corrected chi connectivity index (χ0v) is 16.6. The molecule has 0 saturated heterocycles. The Hall–Kier alpha value is -3.67. The Kier molecular flexibility index (Phi) is 6.11. The SMILES string of the molecule is CONC(=O)c1ccc(F)cc1Nc1cc(Nc2cn(C)nc2C)ncc1C(F)(F)F. The summed E-state index contributed by atoms with van der Waals surface area (Å²) in [6, 6.07) is 4.14. The lowest BCUT2D eigenvalue weighted by Gasteiger charge is -2.17. The monoisotopic (exact) mass is 438 g/mol. The molecule has 8 nitrogen and oxygen atoms in total. The largest absolute Gasteiger partial charge is 0.419 e. The molecule has 2 aromatic heterocycles. The first-order valence-electron chi connectivity index (χ1n) is 8.83. The first-order chi connectivity index (χ1) is 14.6. The molecule has 0 fully saturated rings. The highest BCUT2D eigenvalue weighted by atomic mass is 19.4. The molecule has 3 aromatic rings. The van der Waals surface area contributed by atoms with E-state index in [1.54, 1.807) is 20.2 Å². The van der Waals surface area contributed by atoms with Gasteiger partial charge >= 0.3 is 6.18 Å². The van der Waals surface area contributed by atoms with Gasteiger partial charge in [-0.25, -0.2) is 14.9 Å². The summed E-state index contributed by atoms with van der Waals surface area (Å²) in [4.78, 5) is 20.5. The number of anilines is 4. The number of rotatable bonds is 6. The minimum Gasteiger partial charge on any atom is -0.354 e. The van der Waals surface area contributed by atoms with E-state index in [9.17, 15) is 22.4 Å². The zero-order valence-electron chi connectivity index (χ0n) is 16.6. The van der Waals surface area contributed by atoms with Crippen molar-refractivity contribution in [1.29, 1.82) is 0 Å². The molecule has 0 spiro atoms. The smallest absolute Gasteiger partial charge is 0.354 e. The van der Waals surface area contributed by atoms with Gasteiger partial charge in [0.2, 0.25) is 0 Å². The number of benzene rings is 1. The van der Waals surface area contributed by atoms with Crippen LogP contribution in [-0.2, 0) is 18.1 Å². The maximum absolute atomic E-state index is 13.8. The van der Waals surface area contributed by atoms with Crippen molar-refractivity contribution >= 4 is 28.8 Å². The highest BCUT2D eigenvalue weighted by Crippen LogP contribution is 2.37. The van der Waals surface area contributed by atoms with E-state index in [-0.39, 0.29) is 17.1 Å². The zero-order chi connectivity index (χ0) is 22.8. The van der Waals surface area contributed by atoms with E-state index in [4.69, 9.17) is 0 Å². The molecule has 3 rings (SSSR count). The van der Waals surface area contributed by atoms with Crippen molar-refractivity contribution in [3.8, 4) is 0 Å². The number of pyridine rings is 1. The Bertz CT molecular complexity index is 1110. The maximum Gasteiger partial charge on any atom is 0.419 e. The van der Waals surface area contributed by atoms with Gasteiger partial charge < -0.3 is 10.6 Å². The van der Waals surface area contributed by atoms with Crippen LogP contribution in [0.2, 0.25) is 0 Å². The van der Waals surface area contributed by atoms with Crippen molar-refractivity contribution in [3.63, 3.8) is 0 Å². The summed E-state index contributed by atoms with van der Waals surface area (Å²) in [6.07, 6.45) is -2.47. The van der Waals surface area contributed by atoms with Crippen LogP contribution in [0.3, 0.4) is 0 Å². The first-order valence-corrected chi connectivity index (χ1v) is 8.83. The highest BCUT2D eigenvalue weighted by molar-refractivity contribution is 5.99. The molecule has 0 bridgehead atoms. The molecule has 164 valence electrons. The van der Waals surface area contributed by atoms with Gasteiger partial charge in [0.25, 0.3) is 5.91 Å². The molecular weight excluding hydrogens is 420 g/mol.